The molecule has 0 saturated heterocycles. The minimum atomic E-state index is -7.44. The first kappa shape index (κ1) is 23.6. The predicted molar refractivity (Wildman–Crippen MR) is 51.6 cm³/mol. The highest BCUT2D eigenvalue weighted by Gasteiger charge is 2.86. The first-order valence-electron chi connectivity index (χ1n) is 5.51. The van der Waals surface area contributed by atoms with Crippen molar-refractivity contribution in [3.63, 3.8) is 0 Å². The SMILES string of the molecule is COC(C)=C(C(F)(C(F)(F)F)C(F)(F)F)C(F)(C(F)(F)F)C(F)(F)F. The Morgan fingerprint density at radius 2 is 0.720 bits per heavy atom. The molecule has 0 amide bonds. The van der Waals surface area contributed by atoms with Gasteiger partial charge in [0.1, 0.15) is 0 Å². The van der Waals surface area contributed by atoms with Gasteiger partial charge in [-0.05, 0) is 6.92 Å². The lowest BCUT2D eigenvalue weighted by atomic mass is 9.80. The van der Waals surface area contributed by atoms with Gasteiger partial charge in [0.15, 0.2) is 0 Å². The molecule has 15 heteroatoms. The molecular formula is C10H6F14O. The summed E-state index contributed by atoms with van der Waals surface area (Å²) in [5, 5.41) is 0. The Balaban J connectivity index is 7.42. The summed E-state index contributed by atoms with van der Waals surface area (Å²) in [5.74, 6) is -2.55. The Bertz CT molecular complexity index is 448. The second kappa shape index (κ2) is 6.07. The van der Waals surface area contributed by atoms with E-state index in [4.69, 9.17) is 0 Å². The number of hydrogen-bond donors (Lipinski definition) is 0. The Morgan fingerprint density at radius 1 is 0.520 bits per heavy atom. The number of hydrogen-bond acceptors (Lipinski definition) is 1. The molecule has 0 aliphatic carbocycles. The molecule has 0 radical (unpaired) electrons. The minimum Gasteiger partial charge on any atom is -0.501 e. The molecule has 0 spiro atoms. The fourth-order valence-electron chi connectivity index (χ4n) is 1.71. The molecule has 0 aromatic rings. The van der Waals surface area contributed by atoms with Crippen LogP contribution in [-0.2, 0) is 4.74 Å². The molecule has 0 aromatic heterocycles. The van der Waals surface area contributed by atoms with Gasteiger partial charge in [0.25, 0.3) is 0 Å². The third kappa shape index (κ3) is 3.45. The topological polar surface area (TPSA) is 9.23 Å². The molecule has 0 aliphatic heterocycles. The molecular weight excluding hydrogens is 402 g/mol. The Kier molecular flexibility index (Phi) is 5.72. The first-order chi connectivity index (χ1) is 10.6. The number of rotatable bonds is 3. The van der Waals surface area contributed by atoms with E-state index in [1.54, 1.807) is 0 Å². The smallest absolute Gasteiger partial charge is 0.435 e. The van der Waals surface area contributed by atoms with E-state index < -0.39 is 47.4 Å². The van der Waals surface area contributed by atoms with Gasteiger partial charge >= 0.3 is 36.0 Å². The molecule has 0 fully saturated rings. The normalized spacial score (nSPS) is 15.2. The monoisotopic (exact) mass is 408 g/mol. The van der Waals surface area contributed by atoms with E-state index in [0.29, 0.717) is 0 Å². The molecule has 1 nitrogen and oxygen atoms in total. The van der Waals surface area contributed by atoms with Crippen LogP contribution in [0.5, 0.6) is 0 Å². The third-order valence-electron chi connectivity index (χ3n) is 2.91. The lowest BCUT2D eigenvalue weighted by Crippen LogP contribution is -2.66. The zero-order valence-electron chi connectivity index (χ0n) is 11.7. The van der Waals surface area contributed by atoms with Gasteiger partial charge in [0, 0.05) is 0 Å². The molecule has 0 aromatic carbocycles. The number of ether oxygens (including phenoxy) is 1. The summed E-state index contributed by atoms with van der Waals surface area (Å²) in [7, 11) is 0.0235. The zero-order chi connectivity index (χ0) is 20.9. The summed E-state index contributed by atoms with van der Waals surface area (Å²) >= 11 is 0. The molecule has 0 bridgehead atoms. The van der Waals surface area contributed by atoms with Crippen LogP contribution in [0.2, 0.25) is 0 Å². The second-order valence-corrected chi connectivity index (χ2v) is 4.44. The van der Waals surface area contributed by atoms with Crippen LogP contribution in [0.25, 0.3) is 0 Å². The lowest BCUT2D eigenvalue weighted by Gasteiger charge is -2.40. The standard InChI is InChI=1S/C10H6F14O/c1-3(25-2)4(5(11,7(13,14)15)8(16,17)18)6(12,9(19,20)21)10(22,23)24/h1-2H3. The van der Waals surface area contributed by atoms with Gasteiger partial charge < -0.3 is 4.74 Å². The minimum absolute atomic E-state index is 0.0235. The van der Waals surface area contributed by atoms with Crippen molar-refractivity contribution in [3.8, 4) is 0 Å². The Hall–Kier alpha value is -1.44. The highest BCUT2D eigenvalue weighted by molar-refractivity contribution is 5.38. The van der Waals surface area contributed by atoms with Crippen molar-refractivity contribution in [1.82, 2.24) is 0 Å². The molecule has 0 unspecified atom stereocenters. The molecule has 150 valence electrons. The van der Waals surface area contributed by atoms with Gasteiger partial charge in [-0.15, -0.1) is 0 Å². The van der Waals surface area contributed by atoms with Crippen molar-refractivity contribution in [1.29, 1.82) is 0 Å². The summed E-state index contributed by atoms with van der Waals surface area (Å²) in [5.41, 5.74) is -19.1. The second-order valence-electron chi connectivity index (χ2n) is 4.44. The molecule has 25 heavy (non-hydrogen) atoms. The molecule has 0 N–H and O–H groups in total. The average molecular weight is 408 g/mol. The van der Waals surface area contributed by atoms with Crippen LogP contribution in [0.15, 0.2) is 11.3 Å². The van der Waals surface area contributed by atoms with Crippen LogP contribution in [0.4, 0.5) is 61.5 Å². The maximum atomic E-state index is 13.8. The summed E-state index contributed by atoms with van der Waals surface area (Å²) in [4.78, 5) is 0. The summed E-state index contributed by atoms with van der Waals surface area (Å²) < 4.78 is 182. The number of methoxy groups -OCH3 is 1. The van der Waals surface area contributed by atoms with Crippen LogP contribution in [0, 0.1) is 0 Å². The maximum absolute atomic E-state index is 13.8. The van der Waals surface area contributed by atoms with E-state index in [1.165, 1.54) is 0 Å². The summed E-state index contributed by atoms with van der Waals surface area (Å²) in [6.07, 6.45) is -29.7. The van der Waals surface area contributed by atoms with Crippen molar-refractivity contribution in [2.75, 3.05) is 7.11 Å². The van der Waals surface area contributed by atoms with Gasteiger partial charge in [-0.2, -0.15) is 52.7 Å². The summed E-state index contributed by atoms with van der Waals surface area (Å²) in [6, 6.07) is 0. The fraction of sp³-hybridized carbons (Fsp3) is 0.800. The van der Waals surface area contributed by atoms with E-state index in [9.17, 15) is 61.5 Å². The summed E-state index contributed by atoms with van der Waals surface area (Å²) in [6.45, 7) is -0.313. The van der Waals surface area contributed by atoms with E-state index in [0.717, 1.165) is 0 Å². The van der Waals surface area contributed by atoms with Crippen LogP contribution in [0.3, 0.4) is 0 Å². The van der Waals surface area contributed by atoms with E-state index in [-0.39, 0.29) is 14.0 Å². The van der Waals surface area contributed by atoms with Crippen molar-refractivity contribution in [3.05, 3.63) is 11.3 Å². The van der Waals surface area contributed by atoms with E-state index >= 15 is 0 Å². The van der Waals surface area contributed by atoms with Gasteiger partial charge in [-0.1, -0.05) is 0 Å². The van der Waals surface area contributed by atoms with Gasteiger partial charge in [-0.25, -0.2) is 8.78 Å². The molecule has 0 heterocycles. The van der Waals surface area contributed by atoms with E-state index in [2.05, 4.69) is 4.74 Å². The average Bonchev–Trinajstić information content (AvgIpc) is 2.32. The van der Waals surface area contributed by atoms with Crippen molar-refractivity contribution in [2.24, 2.45) is 0 Å². The van der Waals surface area contributed by atoms with Crippen molar-refractivity contribution in [2.45, 2.75) is 43.0 Å². The highest BCUT2D eigenvalue weighted by atomic mass is 19.4. The maximum Gasteiger partial charge on any atom is 0.435 e. The third-order valence-corrected chi connectivity index (χ3v) is 2.91. The highest BCUT2D eigenvalue weighted by Crippen LogP contribution is 2.61. The molecule has 0 saturated carbocycles. The Morgan fingerprint density at radius 3 is 0.840 bits per heavy atom. The molecule has 0 aliphatic rings. The largest absolute Gasteiger partial charge is 0.501 e. The van der Waals surface area contributed by atoms with Crippen molar-refractivity contribution >= 4 is 0 Å². The number of halogens is 14. The van der Waals surface area contributed by atoms with Crippen LogP contribution in [-0.4, -0.2) is 43.2 Å². The van der Waals surface area contributed by atoms with Gasteiger partial charge in [-0.3, -0.25) is 0 Å². The predicted octanol–water partition coefficient (Wildman–Crippen LogP) is 5.57. The number of allylic oxidation sites excluding steroid dienone is 2. The zero-order valence-corrected chi connectivity index (χ0v) is 11.7. The molecule has 0 atom stereocenters. The Labute approximate surface area is 129 Å². The van der Waals surface area contributed by atoms with Gasteiger partial charge in [0.2, 0.25) is 0 Å². The quantitative estimate of drug-likeness (QED) is 0.438. The van der Waals surface area contributed by atoms with Gasteiger partial charge in [0.05, 0.1) is 18.4 Å². The lowest BCUT2D eigenvalue weighted by molar-refractivity contribution is -0.365. The van der Waals surface area contributed by atoms with Crippen LogP contribution in [0.1, 0.15) is 6.92 Å². The first-order valence-corrected chi connectivity index (χ1v) is 5.51. The van der Waals surface area contributed by atoms with Crippen LogP contribution < -0.4 is 0 Å². The number of alkyl halides is 14. The van der Waals surface area contributed by atoms with E-state index in [1.807, 2.05) is 0 Å². The molecule has 0 rings (SSSR count). The fourth-order valence-corrected chi connectivity index (χ4v) is 1.71. The van der Waals surface area contributed by atoms with Crippen LogP contribution >= 0.6 is 0 Å². The van der Waals surface area contributed by atoms with Crippen molar-refractivity contribution < 1.29 is 66.2 Å².